The molecular weight excluding hydrogens is 347 g/mol. The SMILES string of the molecule is Cc1nc(-c2ccccc2NS(=O)(=O)Cc2cccc(F)c2)cs1. The molecule has 0 aliphatic heterocycles. The Bertz CT molecular complexity index is 968. The van der Waals surface area contributed by atoms with E-state index < -0.39 is 15.8 Å². The fourth-order valence-corrected chi connectivity index (χ4v) is 4.15. The molecule has 0 spiro atoms. The molecule has 3 aromatic rings. The lowest BCUT2D eigenvalue weighted by atomic mass is 10.1. The quantitative estimate of drug-likeness (QED) is 0.740. The normalized spacial score (nSPS) is 11.4. The monoisotopic (exact) mass is 362 g/mol. The van der Waals surface area contributed by atoms with Gasteiger partial charge in [0.25, 0.3) is 0 Å². The van der Waals surface area contributed by atoms with Gasteiger partial charge in [-0.25, -0.2) is 17.8 Å². The van der Waals surface area contributed by atoms with Gasteiger partial charge in [0.05, 0.1) is 22.1 Å². The fraction of sp³-hybridized carbons (Fsp3) is 0.118. The van der Waals surface area contributed by atoms with Gasteiger partial charge in [0.15, 0.2) is 0 Å². The number of hydrogen-bond donors (Lipinski definition) is 1. The topological polar surface area (TPSA) is 59.1 Å². The Morgan fingerprint density at radius 2 is 1.96 bits per heavy atom. The number of anilines is 1. The molecule has 0 bridgehead atoms. The Labute approximate surface area is 144 Å². The lowest BCUT2D eigenvalue weighted by molar-refractivity contribution is 0.599. The summed E-state index contributed by atoms with van der Waals surface area (Å²) >= 11 is 1.50. The van der Waals surface area contributed by atoms with Crippen LogP contribution in [-0.2, 0) is 15.8 Å². The molecule has 0 amide bonds. The number of thiazole rings is 1. The molecule has 124 valence electrons. The van der Waals surface area contributed by atoms with E-state index >= 15 is 0 Å². The van der Waals surface area contributed by atoms with Crippen molar-refractivity contribution in [2.45, 2.75) is 12.7 Å². The van der Waals surface area contributed by atoms with Crippen molar-refractivity contribution < 1.29 is 12.8 Å². The summed E-state index contributed by atoms with van der Waals surface area (Å²) in [5.41, 5.74) is 2.29. The zero-order valence-electron chi connectivity index (χ0n) is 12.9. The number of aromatic nitrogens is 1. The number of rotatable bonds is 5. The summed E-state index contributed by atoms with van der Waals surface area (Å²) < 4.78 is 40.6. The molecule has 1 aromatic heterocycles. The van der Waals surface area contributed by atoms with Gasteiger partial charge in [-0.3, -0.25) is 4.72 Å². The van der Waals surface area contributed by atoms with Crippen molar-refractivity contribution in [2.75, 3.05) is 4.72 Å². The van der Waals surface area contributed by atoms with Gasteiger partial charge >= 0.3 is 0 Å². The maximum atomic E-state index is 13.2. The smallest absolute Gasteiger partial charge is 0.236 e. The Morgan fingerprint density at radius 1 is 1.17 bits per heavy atom. The van der Waals surface area contributed by atoms with Crippen molar-refractivity contribution in [1.82, 2.24) is 4.98 Å². The van der Waals surface area contributed by atoms with Crippen LogP contribution in [0.25, 0.3) is 11.3 Å². The Kier molecular flexibility index (Phi) is 4.64. The van der Waals surface area contributed by atoms with Crippen molar-refractivity contribution in [3.8, 4) is 11.3 Å². The number of halogens is 1. The first kappa shape index (κ1) is 16.6. The minimum Gasteiger partial charge on any atom is -0.283 e. The second-order valence-electron chi connectivity index (χ2n) is 5.29. The average molecular weight is 362 g/mol. The molecule has 0 atom stereocenters. The number of aryl methyl sites for hydroxylation is 1. The third-order valence-corrected chi connectivity index (χ3v) is 5.35. The predicted octanol–water partition coefficient (Wildman–Crippen LogP) is 4.20. The molecule has 24 heavy (non-hydrogen) atoms. The molecule has 1 N–H and O–H groups in total. The second-order valence-corrected chi connectivity index (χ2v) is 8.07. The summed E-state index contributed by atoms with van der Waals surface area (Å²) in [6.45, 7) is 1.89. The number of hydrogen-bond acceptors (Lipinski definition) is 4. The van der Waals surface area contributed by atoms with Crippen LogP contribution in [0.2, 0.25) is 0 Å². The lowest BCUT2D eigenvalue weighted by Crippen LogP contribution is -2.15. The second kappa shape index (κ2) is 6.70. The largest absolute Gasteiger partial charge is 0.283 e. The maximum absolute atomic E-state index is 13.2. The van der Waals surface area contributed by atoms with Gasteiger partial charge < -0.3 is 0 Å². The third-order valence-electron chi connectivity index (χ3n) is 3.33. The van der Waals surface area contributed by atoms with E-state index in [2.05, 4.69) is 9.71 Å². The number of benzene rings is 2. The summed E-state index contributed by atoms with van der Waals surface area (Å²) in [5, 5.41) is 2.79. The van der Waals surface area contributed by atoms with E-state index in [-0.39, 0.29) is 5.75 Å². The fourth-order valence-electron chi connectivity index (χ4n) is 2.33. The highest BCUT2D eigenvalue weighted by Crippen LogP contribution is 2.29. The van der Waals surface area contributed by atoms with Gasteiger partial charge in [-0.2, -0.15) is 0 Å². The molecule has 0 aliphatic carbocycles. The van der Waals surface area contributed by atoms with Crippen LogP contribution in [0.1, 0.15) is 10.6 Å². The van der Waals surface area contributed by atoms with Crippen LogP contribution >= 0.6 is 11.3 Å². The molecule has 0 unspecified atom stereocenters. The Balaban J connectivity index is 1.88. The number of nitrogens with one attached hydrogen (secondary N) is 1. The van der Waals surface area contributed by atoms with Crippen molar-refractivity contribution in [3.05, 3.63) is 70.3 Å². The van der Waals surface area contributed by atoms with Crippen LogP contribution < -0.4 is 4.72 Å². The van der Waals surface area contributed by atoms with E-state index in [1.165, 1.54) is 29.5 Å². The first-order chi connectivity index (χ1) is 11.4. The standard InChI is InChI=1S/C17H15FN2O2S2/c1-12-19-17(10-23-12)15-7-2-3-8-16(15)20-24(21,22)11-13-5-4-6-14(18)9-13/h2-10,20H,11H2,1H3. The minimum absolute atomic E-state index is 0.296. The van der Waals surface area contributed by atoms with Crippen molar-refractivity contribution in [2.24, 2.45) is 0 Å². The van der Waals surface area contributed by atoms with E-state index in [4.69, 9.17) is 0 Å². The van der Waals surface area contributed by atoms with Crippen molar-refractivity contribution in [1.29, 1.82) is 0 Å². The highest BCUT2D eigenvalue weighted by molar-refractivity contribution is 7.91. The summed E-state index contributed by atoms with van der Waals surface area (Å²) in [7, 11) is -3.67. The molecule has 0 saturated carbocycles. The molecular formula is C17H15FN2O2S2. The number of nitrogens with zero attached hydrogens (tertiary/aromatic N) is 1. The minimum atomic E-state index is -3.67. The van der Waals surface area contributed by atoms with E-state index in [9.17, 15) is 12.8 Å². The van der Waals surface area contributed by atoms with Crippen LogP contribution in [-0.4, -0.2) is 13.4 Å². The maximum Gasteiger partial charge on any atom is 0.236 e. The van der Waals surface area contributed by atoms with Gasteiger partial charge in [-0.1, -0.05) is 30.3 Å². The van der Waals surface area contributed by atoms with E-state index in [0.29, 0.717) is 16.8 Å². The van der Waals surface area contributed by atoms with Crippen molar-refractivity contribution in [3.63, 3.8) is 0 Å². The molecule has 3 rings (SSSR count). The van der Waals surface area contributed by atoms with E-state index in [1.807, 2.05) is 24.4 Å². The average Bonchev–Trinajstić information content (AvgIpc) is 2.93. The zero-order chi connectivity index (χ0) is 17.2. The van der Waals surface area contributed by atoms with Gasteiger partial charge in [0.1, 0.15) is 5.82 Å². The zero-order valence-corrected chi connectivity index (χ0v) is 14.5. The van der Waals surface area contributed by atoms with Crippen molar-refractivity contribution >= 4 is 27.0 Å². The molecule has 0 aliphatic rings. The first-order valence-electron chi connectivity index (χ1n) is 7.19. The highest BCUT2D eigenvalue weighted by atomic mass is 32.2. The van der Waals surface area contributed by atoms with E-state index in [1.54, 1.807) is 18.2 Å². The summed E-state index contributed by atoms with van der Waals surface area (Å²) in [5.74, 6) is -0.754. The summed E-state index contributed by atoms with van der Waals surface area (Å²) in [4.78, 5) is 4.40. The van der Waals surface area contributed by atoms with Crippen LogP contribution in [0, 0.1) is 12.7 Å². The van der Waals surface area contributed by atoms with Gasteiger partial charge in [0, 0.05) is 10.9 Å². The molecule has 0 saturated heterocycles. The predicted molar refractivity (Wildman–Crippen MR) is 94.9 cm³/mol. The summed E-state index contributed by atoms with van der Waals surface area (Å²) in [6, 6.07) is 12.7. The molecule has 4 nitrogen and oxygen atoms in total. The molecule has 2 aromatic carbocycles. The Hall–Kier alpha value is -2.25. The molecule has 1 heterocycles. The van der Waals surface area contributed by atoms with Crippen LogP contribution in [0.5, 0.6) is 0 Å². The highest BCUT2D eigenvalue weighted by Gasteiger charge is 2.16. The number of para-hydroxylation sites is 1. The van der Waals surface area contributed by atoms with Gasteiger partial charge in [-0.05, 0) is 30.7 Å². The lowest BCUT2D eigenvalue weighted by Gasteiger charge is -2.11. The van der Waals surface area contributed by atoms with Crippen LogP contribution in [0.3, 0.4) is 0 Å². The summed E-state index contributed by atoms with van der Waals surface area (Å²) in [6.07, 6.45) is 0. The molecule has 0 fully saturated rings. The third kappa shape index (κ3) is 3.98. The Morgan fingerprint density at radius 3 is 2.67 bits per heavy atom. The van der Waals surface area contributed by atoms with Crippen LogP contribution in [0.4, 0.5) is 10.1 Å². The first-order valence-corrected chi connectivity index (χ1v) is 9.73. The van der Waals surface area contributed by atoms with Crippen LogP contribution in [0.15, 0.2) is 53.9 Å². The van der Waals surface area contributed by atoms with Gasteiger partial charge in [-0.15, -0.1) is 11.3 Å². The van der Waals surface area contributed by atoms with E-state index in [0.717, 1.165) is 10.7 Å². The van der Waals surface area contributed by atoms with Gasteiger partial charge in [0.2, 0.25) is 10.0 Å². The molecule has 7 heteroatoms. The number of sulfonamides is 1. The molecule has 0 radical (unpaired) electrons.